The van der Waals surface area contributed by atoms with Gasteiger partial charge in [-0.3, -0.25) is 9.59 Å². The summed E-state index contributed by atoms with van der Waals surface area (Å²) < 4.78 is 5.82. The minimum atomic E-state index is -0.458. The number of ether oxygens (including phenoxy) is 1. The topological polar surface area (TPSA) is 71.0 Å². The van der Waals surface area contributed by atoms with E-state index in [4.69, 9.17) is 27.9 Å². The van der Waals surface area contributed by atoms with Crippen molar-refractivity contribution in [1.29, 1.82) is 0 Å². The zero-order chi connectivity index (χ0) is 24.9. The number of benzene rings is 3. The van der Waals surface area contributed by atoms with Crippen molar-refractivity contribution in [3.05, 3.63) is 93.0 Å². The summed E-state index contributed by atoms with van der Waals surface area (Å²) in [5, 5.41) is 5.18. The summed E-state index contributed by atoms with van der Waals surface area (Å²) in [6.45, 7) is 4.65. The van der Waals surface area contributed by atoms with Gasteiger partial charge in [-0.2, -0.15) is 5.10 Å². The number of anilines is 1. The highest BCUT2D eigenvalue weighted by Crippen LogP contribution is 2.27. The van der Waals surface area contributed by atoms with Crippen LogP contribution in [0.1, 0.15) is 28.7 Å². The highest BCUT2D eigenvalue weighted by Gasteiger charge is 2.35. The van der Waals surface area contributed by atoms with Crippen molar-refractivity contribution in [3.63, 3.8) is 0 Å². The van der Waals surface area contributed by atoms with E-state index in [1.165, 1.54) is 6.21 Å². The molecule has 0 aromatic heterocycles. The molecule has 8 heteroatoms. The first-order chi connectivity index (χ1) is 16.8. The molecule has 3 aromatic rings. The molecule has 1 heterocycles. The SMILES string of the molecule is Cc1ccc(N2C[C@@H](C(=O)N/N=C\c3cccc(OCc4ccc(Cl)cc4Cl)c3)CC2=O)cc1C. The molecule has 1 aliphatic heterocycles. The van der Waals surface area contributed by atoms with Gasteiger partial charge in [-0.25, -0.2) is 5.43 Å². The van der Waals surface area contributed by atoms with Gasteiger partial charge in [0.25, 0.3) is 0 Å². The van der Waals surface area contributed by atoms with Crippen molar-refractivity contribution in [2.75, 3.05) is 11.4 Å². The van der Waals surface area contributed by atoms with Crippen LogP contribution in [0.25, 0.3) is 0 Å². The third-order valence-electron chi connectivity index (χ3n) is 5.95. The molecule has 35 heavy (non-hydrogen) atoms. The van der Waals surface area contributed by atoms with Crippen molar-refractivity contribution < 1.29 is 14.3 Å². The monoisotopic (exact) mass is 509 g/mol. The Hall–Kier alpha value is -3.35. The van der Waals surface area contributed by atoms with E-state index in [9.17, 15) is 9.59 Å². The molecular weight excluding hydrogens is 485 g/mol. The molecule has 0 unspecified atom stereocenters. The van der Waals surface area contributed by atoms with E-state index in [0.717, 1.165) is 27.9 Å². The molecule has 0 radical (unpaired) electrons. The van der Waals surface area contributed by atoms with Crippen LogP contribution >= 0.6 is 23.2 Å². The summed E-state index contributed by atoms with van der Waals surface area (Å²) >= 11 is 12.1. The Morgan fingerprint density at radius 2 is 1.94 bits per heavy atom. The van der Waals surface area contributed by atoms with Crippen LogP contribution in [0.5, 0.6) is 5.75 Å². The van der Waals surface area contributed by atoms with Crippen LogP contribution in [-0.4, -0.2) is 24.6 Å². The number of hydrazone groups is 1. The molecule has 2 amide bonds. The summed E-state index contributed by atoms with van der Waals surface area (Å²) in [6.07, 6.45) is 1.70. The minimum absolute atomic E-state index is 0.0666. The second-order valence-corrected chi connectivity index (χ2v) is 9.35. The Balaban J connectivity index is 1.32. The standard InChI is InChI=1S/C27H25Cl2N3O3/c1-17-6-9-23(10-18(17)2)32-15-21(12-26(32)33)27(34)31-30-14-19-4-3-5-24(11-19)35-16-20-7-8-22(28)13-25(20)29/h3-11,13-14,21H,12,15-16H2,1-2H3,(H,31,34)/b30-14-/t21-/m0/s1. The zero-order valence-electron chi connectivity index (χ0n) is 19.4. The maximum atomic E-state index is 12.6. The number of nitrogens with one attached hydrogen (secondary N) is 1. The fourth-order valence-electron chi connectivity index (χ4n) is 3.77. The Morgan fingerprint density at radius 3 is 2.71 bits per heavy atom. The lowest BCUT2D eigenvalue weighted by molar-refractivity contribution is -0.126. The van der Waals surface area contributed by atoms with E-state index in [2.05, 4.69) is 10.5 Å². The van der Waals surface area contributed by atoms with Crippen molar-refractivity contribution in [2.24, 2.45) is 11.0 Å². The van der Waals surface area contributed by atoms with Crippen LogP contribution in [0.15, 0.2) is 65.8 Å². The van der Waals surface area contributed by atoms with Gasteiger partial charge in [0.1, 0.15) is 12.4 Å². The molecule has 1 saturated heterocycles. The van der Waals surface area contributed by atoms with Crippen LogP contribution in [0, 0.1) is 19.8 Å². The van der Waals surface area contributed by atoms with Crippen LogP contribution in [0.3, 0.4) is 0 Å². The molecule has 1 atom stereocenters. The predicted octanol–water partition coefficient (Wildman–Crippen LogP) is 5.69. The van der Waals surface area contributed by atoms with Gasteiger partial charge < -0.3 is 9.64 Å². The van der Waals surface area contributed by atoms with E-state index < -0.39 is 5.92 Å². The first kappa shape index (κ1) is 24.8. The highest BCUT2D eigenvalue weighted by atomic mass is 35.5. The molecule has 6 nitrogen and oxygen atoms in total. The number of nitrogens with zero attached hydrogens (tertiary/aromatic N) is 2. The quantitative estimate of drug-likeness (QED) is 0.328. The fourth-order valence-corrected chi connectivity index (χ4v) is 4.24. The molecule has 180 valence electrons. The Bertz CT molecular complexity index is 1290. The van der Waals surface area contributed by atoms with Gasteiger partial charge in [-0.05, 0) is 66.9 Å². The van der Waals surface area contributed by atoms with E-state index >= 15 is 0 Å². The largest absolute Gasteiger partial charge is 0.489 e. The van der Waals surface area contributed by atoms with Gasteiger partial charge in [0.2, 0.25) is 11.8 Å². The zero-order valence-corrected chi connectivity index (χ0v) is 20.9. The van der Waals surface area contributed by atoms with Crippen LogP contribution in [-0.2, 0) is 16.2 Å². The van der Waals surface area contributed by atoms with Crippen molar-refractivity contribution in [2.45, 2.75) is 26.9 Å². The molecule has 1 fully saturated rings. The normalized spacial score (nSPS) is 15.6. The summed E-state index contributed by atoms with van der Waals surface area (Å²) in [4.78, 5) is 26.8. The maximum Gasteiger partial charge on any atom is 0.245 e. The smallest absolute Gasteiger partial charge is 0.245 e. The maximum absolute atomic E-state index is 12.6. The van der Waals surface area contributed by atoms with E-state index in [1.807, 2.05) is 56.3 Å². The molecular formula is C27H25Cl2N3O3. The predicted molar refractivity (Wildman–Crippen MR) is 139 cm³/mol. The number of amides is 2. The molecule has 3 aromatic carbocycles. The van der Waals surface area contributed by atoms with Crippen LogP contribution in [0.4, 0.5) is 5.69 Å². The summed E-state index contributed by atoms with van der Waals surface area (Å²) in [5.41, 5.74) is 7.21. The molecule has 1 N–H and O–H groups in total. The highest BCUT2D eigenvalue weighted by molar-refractivity contribution is 6.35. The number of carbonyl (C=O) groups excluding carboxylic acids is 2. The first-order valence-electron chi connectivity index (χ1n) is 11.2. The Morgan fingerprint density at radius 1 is 1.11 bits per heavy atom. The van der Waals surface area contributed by atoms with Gasteiger partial charge in [0.15, 0.2) is 0 Å². The minimum Gasteiger partial charge on any atom is -0.489 e. The number of halogens is 2. The lowest BCUT2D eigenvalue weighted by Gasteiger charge is -2.17. The van der Waals surface area contributed by atoms with Crippen LogP contribution in [0.2, 0.25) is 10.0 Å². The molecule has 0 saturated carbocycles. The number of hydrogen-bond donors (Lipinski definition) is 1. The Kier molecular flexibility index (Phi) is 7.73. The third kappa shape index (κ3) is 6.21. The first-order valence-corrected chi connectivity index (χ1v) is 11.9. The fraction of sp³-hybridized carbons (Fsp3) is 0.222. The van der Waals surface area contributed by atoms with Crippen molar-refractivity contribution >= 4 is 46.9 Å². The Labute approximate surface area is 214 Å². The van der Waals surface area contributed by atoms with Crippen LogP contribution < -0.4 is 15.1 Å². The molecule has 0 spiro atoms. The number of aryl methyl sites for hydroxylation is 2. The van der Waals surface area contributed by atoms with Gasteiger partial charge >= 0.3 is 0 Å². The van der Waals surface area contributed by atoms with Crippen molar-refractivity contribution in [1.82, 2.24) is 5.43 Å². The molecule has 0 aliphatic carbocycles. The van der Waals surface area contributed by atoms with Gasteiger partial charge in [-0.15, -0.1) is 0 Å². The van der Waals surface area contributed by atoms with Gasteiger partial charge in [0.05, 0.1) is 12.1 Å². The molecule has 1 aliphatic rings. The van der Waals surface area contributed by atoms with Crippen molar-refractivity contribution in [3.8, 4) is 5.75 Å². The lowest BCUT2D eigenvalue weighted by atomic mass is 10.1. The number of rotatable bonds is 7. The van der Waals surface area contributed by atoms with E-state index in [0.29, 0.717) is 28.9 Å². The number of hydrogen-bond acceptors (Lipinski definition) is 4. The van der Waals surface area contributed by atoms with E-state index in [-0.39, 0.29) is 18.2 Å². The van der Waals surface area contributed by atoms with Gasteiger partial charge in [0, 0.05) is 34.3 Å². The second-order valence-electron chi connectivity index (χ2n) is 8.51. The van der Waals surface area contributed by atoms with E-state index in [1.54, 1.807) is 23.1 Å². The number of carbonyl (C=O) groups is 2. The average Bonchev–Trinajstić information content (AvgIpc) is 3.22. The molecule has 0 bridgehead atoms. The lowest BCUT2D eigenvalue weighted by Crippen LogP contribution is -2.30. The second kappa shape index (κ2) is 10.9. The third-order valence-corrected chi connectivity index (χ3v) is 6.54. The molecule has 4 rings (SSSR count). The average molecular weight is 510 g/mol. The van der Waals surface area contributed by atoms with Gasteiger partial charge in [-0.1, -0.05) is 47.5 Å². The summed E-state index contributed by atoms with van der Waals surface area (Å²) in [5.74, 6) is -0.175. The summed E-state index contributed by atoms with van der Waals surface area (Å²) in [6, 6.07) is 18.4. The summed E-state index contributed by atoms with van der Waals surface area (Å²) in [7, 11) is 0.